The maximum Gasteiger partial charge on any atom is 0.227 e. The highest BCUT2D eigenvalue weighted by atomic mass is 16.2. The highest BCUT2D eigenvalue weighted by Crippen LogP contribution is 2.28. The van der Waals surface area contributed by atoms with Crippen LogP contribution in [0.1, 0.15) is 25.8 Å². The molecule has 1 unspecified atom stereocenters. The minimum atomic E-state index is -0.0257. The second kappa shape index (κ2) is 6.16. The van der Waals surface area contributed by atoms with Gasteiger partial charge in [0.2, 0.25) is 5.91 Å². The molecule has 1 atom stereocenters. The van der Waals surface area contributed by atoms with Gasteiger partial charge >= 0.3 is 0 Å². The van der Waals surface area contributed by atoms with Crippen LogP contribution in [0.15, 0.2) is 42.7 Å². The molecule has 0 saturated carbocycles. The van der Waals surface area contributed by atoms with Gasteiger partial charge in [-0.3, -0.25) is 4.79 Å². The number of para-hydroxylation sites is 1. The lowest BCUT2D eigenvalue weighted by atomic mass is 9.79. The number of piperidine rings is 1. The predicted octanol–water partition coefficient (Wildman–Crippen LogP) is 2.00. The van der Waals surface area contributed by atoms with Crippen LogP contribution in [-0.4, -0.2) is 39.7 Å². The lowest BCUT2D eigenvalue weighted by Gasteiger charge is -2.42. The Labute approximate surface area is 137 Å². The molecule has 0 bridgehead atoms. The Morgan fingerprint density at radius 1 is 1.35 bits per heavy atom. The molecule has 23 heavy (non-hydrogen) atoms. The molecule has 122 valence electrons. The number of hydrogen-bond donors (Lipinski definition) is 1. The molecule has 5 heteroatoms. The van der Waals surface area contributed by atoms with Crippen LogP contribution >= 0.6 is 0 Å². The highest BCUT2D eigenvalue weighted by Gasteiger charge is 2.35. The van der Waals surface area contributed by atoms with Gasteiger partial charge in [-0.2, -0.15) is 5.10 Å². The fourth-order valence-electron chi connectivity index (χ4n) is 3.05. The number of hydrogen-bond acceptors (Lipinski definition) is 3. The molecule has 1 aliphatic rings. The van der Waals surface area contributed by atoms with Gasteiger partial charge < -0.3 is 10.6 Å². The first-order valence-corrected chi connectivity index (χ1v) is 8.08. The van der Waals surface area contributed by atoms with E-state index < -0.39 is 0 Å². The minimum Gasteiger partial charge on any atom is -0.342 e. The van der Waals surface area contributed by atoms with Crippen LogP contribution in [0.4, 0.5) is 0 Å². The monoisotopic (exact) mass is 312 g/mol. The molecule has 0 aliphatic carbocycles. The summed E-state index contributed by atoms with van der Waals surface area (Å²) < 4.78 is 1.80. The van der Waals surface area contributed by atoms with Crippen LogP contribution in [0.2, 0.25) is 0 Å². The fourth-order valence-corrected chi connectivity index (χ4v) is 3.05. The summed E-state index contributed by atoms with van der Waals surface area (Å²) in [6.07, 6.45) is 4.94. The zero-order chi connectivity index (χ0) is 16.4. The number of aromatic nitrogens is 2. The summed E-state index contributed by atoms with van der Waals surface area (Å²) in [4.78, 5) is 14.5. The van der Waals surface area contributed by atoms with Crippen LogP contribution in [0.5, 0.6) is 0 Å². The Morgan fingerprint density at radius 2 is 2.09 bits per heavy atom. The van der Waals surface area contributed by atoms with Crippen molar-refractivity contribution in [1.82, 2.24) is 14.7 Å². The molecule has 2 N–H and O–H groups in total. The van der Waals surface area contributed by atoms with E-state index in [1.807, 2.05) is 41.4 Å². The first kappa shape index (κ1) is 15.7. The van der Waals surface area contributed by atoms with E-state index in [4.69, 9.17) is 5.73 Å². The van der Waals surface area contributed by atoms with Crippen LogP contribution in [-0.2, 0) is 11.2 Å². The van der Waals surface area contributed by atoms with Crippen molar-refractivity contribution < 1.29 is 4.79 Å². The maximum absolute atomic E-state index is 12.6. The summed E-state index contributed by atoms with van der Waals surface area (Å²) >= 11 is 0. The van der Waals surface area contributed by atoms with Crippen LogP contribution in [0.25, 0.3) is 5.69 Å². The first-order chi connectivity index (χ1) is 11.0. The molecule has 2 heterocycles. The normalized spacial score (nSPS) is 20.5. The quantitative estimate of drug-likeness (QED) is 0.943. The van der Waals surface area contributed by atoms with Gasteiger partial charge in [-0.1, -0.05) is 32.0 Å². The number of nitrogens with zero attached hydrogens (tertiary/aromatic N) is 3. The highest BCUT2D eigenvalue weighted by molar-refractivity contribution is 5.78. The summed E-state index contributed by atoms with van der Waals surface area (Å²) in [6, 6.07) is 10.1. The number of carbonyl (C=O) groups is 1. The molecule has 1 amide bonds. The second-order valence-corrected chi connectivity index (χ2v) is 7.00. The number of likely N-dealkylation sites (tertiary alicyclic amines) is 1. The van der Waals surface area contributed by atoms with Crippen molar-refractivity contribution in [3.63, 3.8) is 0 Å². The van der Waals surface area contributed by atoms with Crippen molar-refractivity contribution in [1.29, 1.82) is 0 Å². The predicted molar refractivity (Wildman–Crippen MR) is 90.2 cm³/mol. The average molecular weight is 312 g/mol. The summed E-state index contributed by atoms with van der Waals surface area (Å²) in [5.41, 5.74) is 8.05. The average Bonchev–Trinajstić information content (AvgIpc) is 2.99. The topological polar surface area (TPSA) is 64.2 Å². The molecule has 0 radical (unpaired) electrons. The van der Waals surface area contributed by atoms with Gasteiger partial charge in [-0.25, -0.2) is 4.68 Å². The van der Waals surface area contributed by atoms with Gasteiger partial charge in [0.05, 0.1) is 18.3 Å². The summed E-state index contributed by atoms with van der Waals surface area (Å²) in [6.45, 7) is 5.73. The van der Waals surface area contributed by atoms with Crippen molar-refractivity contribution in [2.24, 2.45) is 11.1 Å². The Bertz CT molecular complexity index is 677. The Hall–Kier alpha value is -2.14. The lowest BCUT2D eigenvalue weighted by Crippen LogP contribution is -2.54. The number of carbonyl (C=O) groups excluding carboxylic acids is 1. The van der Waals surface area contributed by atoms with E-state index in [-0.39, 0.29) is 17.4 Å². The molecule has 1 aliphatic heterocycles. The Morgan fingerprint density at radius 3 is 2.78 bits per heavy atom. The zero-order valence-electron chi connectivity index (χ0n) is 13.8. The Kier molecular flexibility index (Phi) is 4.22. The van der Waals surface area contributed by atoms with E-state index >= 15 is 0 Å². The molecule has 1 saturated heterocycles. The van der Waals surface area contributed by atoms with Gasteiger partial charge in [-0.15, -0.1) is 0 Å². The number of nitrogens with two attached hydrogens (primary N) is 1. The van der Waals surface area contributed by atoms with Crippen LogP contribution in [0.3, 0.4) is 0 Å². The van der Waals surface area contributed by atoms with E-state index in [9.17, 15) is 4.79 Å². The summed E-state index contributed by atoms with van der Waals surface area (Å²) in [5, 5.41) is 4.35. The van der Waals surface area contributed by atoms with Gasteiger partial charge in [0.1, 0.15) is 0 Å². The largest absolute Gasteiger partial charge is 0.342 e. The Balaban J connectivity index is 1.66. The molecule has 3 rings (SSSR count). The summed E-state index contributed by atoms with van der Waals surface area (Å²) in [7, 11) is 0. The van der Waals surface area contributed by atoms with E-state index in [0.717, 1.165) is 30.8 Å². The molecule has 0 spiro atoms. The maximum atomic E-state index is 12.6. The molecule has 5 nitrogen and oxygen atoms in total. The molecule has 1 aromatic carbocycles. The van der Waals surface area contributed by atoms with Crippen LogP contribution < -0.4 is 5.73 Å². The van der Waals surface area contributed by atoms with Gasteiger partial charge in [0.15, 0.2) is 0 Å². The SMILES string of the molecule is CC1(C)CN(C(=O)Cc2cnn(-c3ccccc3)c2)CCC1N. The van der Waals surface area contributed by atoms with Crippen molar-refractivity contribution in [2.45, 2.75) is 32.7 Å². The third kappa shape index (κ3) is 3.45. The van der Waals surface area contributed by atoms with E-state index in [1.165, 1.54) is 0 Å². The summed E-state index contributed by atoms with van der Waals surface area (Å²) in [5.74, 6) is 0.151. The van der Waals surface area contributed by atoms with Gasteiger partial charge in [0.25, 0.3) is 0 Å². The van der Waals surface area contributed by atoms with Crippen molar-refractivity contribution >= 4 is 5.91 Å². The first-order valence-electron chi connectivity index (χ1n) is 8.08. The van der Waals surface area contributed by atoms with Crippen molar-refractivity contribution in [3.05, 3.63) is 48.3 Å². The van der Waals surface area contributed by atoms with Crippen molar-refractivity contribution in [2.75, 3.05) is 13.1 Å². The van der Waals surface area contributed by atoms with E-state index in [1.54, 1.807) is 10.9 Å². The minimum absolute atomic E-state index is 0.0257. The van der Waals surface area contributed by atoms with E-state index in [0.29, 0.717) is 6.42 Å². The number of amides is 1. The molecular weight excluding hydrogens is 288 g/mol. The third-order valence-electron chi connectivity index (χ3n) is 4.68. The van der Waals surface area contributed by atoms with E-state index in [2.05, 4.69) is 18.9 Å². The van der Waals surface area contributed by atoms with Gasteiger partial charge in [-0.05, 0) is 29.5 Å². The third-order valence-corrected chi connectivity index (χ3v) is 4.68. The van der Waals surface area contributed by atoms with Crippen molar-refractivity contribution in [3.8, 4) is 5.69 Å². The smallest absolute Gasteiger partial charge is 0.227 e. The molecule has 2 aromatic rings. The second-order valence-electron chi connectivity index (χ2n) is 7.00. The van der Waals surface area contributed by atoms with Crippen LogP contribution in [0, 0.1) is 5.41 Å². The molecular formula is C18H24N4O. The fraction of sp³-hybridized carbons (Fsp3) is 0.444. The van der Waals surface area contributed by atoms with Gasteiger partial charge in [0, 0.05) is 25.3 Å². The number of benzene rings is 1. The lowest BCUT2D eigenvalue weighted by molar-refractivity contribution is -0.133. The zero-order valence-corrected chi connectivity index (χ0v) is 13.8. The molecule has 1 aromatic heterocycles. The standard InChI is InChI=1S/C18H24N4O/c1-18(2)13-21(9-8-16(18)19)17(23)10-14-11-20-22(12-14)15-6-4-3-5-7-15/h3-7,11-12,16H,8-10,13,19H2,1-2H3. The number of rotatable bonds is 3. The molecule has 1 fully saturated rings.